The predicted molar refractivity (Wildman–Crippen MR) is 96.9 cm³/mol. The van der Waals surface area contributed by atoms with E-state index in [-0.39, 0.29) is 0 Å². The lowest BCUT2D eigenvalue weighted by Crippen LogP contribution is -2.05. The standard InChI is InChI=1S/C18H17N5S/c1-11-7-14(8-12(2)22-11)21-10-13-3-4-16-15(9-13)23-17-18(24-16)20-6-5-19-17/h3-9H,10H2,1-2H3,(H,19,23)(H,21,22). The zero-order valence-corrected chi connectivity index (χ0v) is 14.3. The minimum Gasteiger partial charge on any atom is -0.381 e. The summed E-state index contributed by atoms with van der Waals surface area (Å²) in [6.07, 6.45) is 3.42. The van der Waals surface area contributed by atoms with Crippen LogP contribution in [0.2, 0.25) is 0 Å². The number of benzene rings is 1. The number of aromatic nitrogens is 3. The molecule has 0 aliphatic carbocycles. The van der Waals surface area contributed by atoms with Gasteiger partial charge in [0, 0.05) is 40.9 Å². The Labute approximate surface area is 145 Å². The maximum Gasteiger partial charge on any atom is 0.163 e. The van der Waals surface area contributed by atoms with Gasteiger partial charge in [-0.15, -0.1) is 0 Å². The van der Waals surface area contributed by atoms with Gasteiger partial charge >= 0.3 is 0 Å². The van der Waals surface area contributed by atoms with Crippen LogP contribution in [-0.2, 0) is 6.54 Å². The first-order valence-electron chi connectivity index (χ1n) is 7.75. The highest BCUT2D eigenvalue weighted by atomic mass is 32.2. The molecule has 6 heteroatoms. The van der Waals surface area contributed by atoms with Gasteiger partial charge in [0.15, 0.2) is 5.82 Å². The average Bonchev–Trinajstić information content (AvgIpc) is 2.57. The normalized spacial score (nSPS) is 12.1. The number of pyridine rings is 1. The zero-order chi connectivity index (χ0) is 16.5. The summed E-state index contributed by atoms with van der Waals surface area (Å²) in [6, 6.07) is 10.6. The van der Waals surface area contributed by atoms with Crippen LogP contribution < -0.4 is 10.6 Å². The Kier molecular flexibility index (Phi) is 3.82. The molecule has 2 aromatic heterocycles. The summed E-state index contributed by atoms with van der Waals surface area (Å²) in [7, 11) is 0. The van der Waals surface area contributed by atoms with Gasteiger partial charge in [-0.1, -0.05) is 17.8 Å². The van der Waals surface area contributed by atoms with E-state index in [4.69, 9.17) is 0 Å². The summed E-state index contributed by atoms with van der Waals surface area (Å²) in [5.74, 6) is 0.820. The molecule has 0 bridgehead atoms. The molecule has 4 rings (SSSR count). The molecule has 2 N–H and O–H groups in total. The van der Waals surface area contributed by atoms with Crippen LogP contribution in [0.5, 0.6) is 0 Å². The van der Waals surface area contributed by atoms with Crippen molar-refractivity contribution in [1.82, 2.24) is 15.0 Å². The molecule has 24 heavy (non-hydrogen) atoms. The van der Waals surface area contributed by atoms with Gasteiger partial charge in [-0.2, -0.15) is 0 Å². The smallest absolute Gasteiger partial charge is 0.163 e. The number of hydrogen-bond donors (Lipinski definition) is 2. The Balaban J connectivity index is 1.52. The Morgan fingerprint density at radius 2 is 1.83 bits per heavy atom. The van der Waals surface area contributed by atoms with E-state index in [0.29, 0.717) is 0 Å². The van der Waals surface area contributed by atoms with Gasteiger partial charge in [0.2, 0.25) is 0 Å². The number of fused-ring (bicyclic) bond motifs is 2. The lowest BCUT2D eigenvalue weighted by molar-refractivity contribution is 1.04. The van der Waals surface area contributed by atoms with Crippen molar-refractivity contribution in [2.24, 2.45) is 0 Å². The largest absolute Gasteiger partial charge is 0.381 e. The number of hydrogen-bond acceptors (Lipinski definition) is 6. The van der Waals surface area contributed by atoms with Crippen molar-refractivity contribution in [2.45, 2.75) is 30.3 Å². The highest BCUT2D eigenvalue weighted by molar-refractivity contribution is 7.99. The first-order chi connectivity index (χ1) is 11.7. The van der Waals surface area contributed by atoms with Gasteiger partial charge in [0.1, 0.15) is 5.03 Å². The van der Waals surface area contributed by atoms with Crippen molar-refractivity contribution in [3.05, 3.63) is 59.7 Å². The maximum atomic E-state index is 4.40. The lowest BCUT2D eigenvalue weighted by atomic mass is 10.2. The van der Waals surface area contributed by atoms with E-state index >= 15 is 0 Å². The molecule has 120 valence electrons. The molecule has 0 unspecified atom stereocenters. The average molecular weight is 335 g/mol. The molecular formula is C18H17N5S. The van der Waals surface area contributed by atoms with Gasteiger partial charge in [-0.25, -0.2) is 9.97 Å². The Morgan fingerprint density at radius 3 is 2.67 bits per heavy atom. The quantitative estimate of drug-likeness (QED) is 0.582. The minimum atomic E-state index is 0.760. The summed E-state index contributed by atoms with van der Waals surface area (Å²) in [5, 5.41) is 7.75. The molecule has 0 amide bonds. The molecule has 0 atom stereocenters. The first-order valence-corrected chi connectivity index (χ1v) is 8.57. The van der Waals surface area contributed by atoms with Crippen molar-refractivity contribution in [3.8, 4) is 0 Å². The predicted octanol–water partition coefficient (Wildman–Crippen LogP) is 4.31. The van der Waals surface area contributed by atoms with E-state index < -0.39 is 0 Å². The van der Waals surface area contributed by atoms with Crippen molar-refractivity contribution < 1.29 is 0 Å². The second kappa shape index (κ2) is 6.13. The Bertz CT molecular complexity index is 889. The maximum absolute atomic E-state index is 4.40. The van der Waals surface area contributed by atoms with Crippen LogP contribution in [0.4, 0.5) is 17.2 Å². The molecule has 0 fully saturated rings. The SMILES string of the molecule is Cc1cc(NCc2ccc3c(c2)Nc2nccnc2S3)cc(C)n1. The van der Waals surface area contributed by atoms with E-state index in [1.54, 1.807) is 24.2 Å². The fourth-order valence-corrected chi connectivity index (χ4v) is 3.61. The van der Waals surface area contributed by atoms with Gasteiger partial charge in [-0.05, 0) is 43.7 Å². The lowest BCUT2D eigenvalue weighted by Gasteiger charge is -2.19. The summed E-state index contributed by atoms with van der Waals surface area (Å²) in [6.45, 7) is 4.78. The summed E-state index contributed by atoms with van der Waals surface area (Å²) < 4.78 is 0. The number of aryl methyl sites for hydroxylation is 2. The monoisotopic (exact) mass is 335 g/mol. The number of anilines is 3. The summed E-state index contributed by atoms with van der Waals surface area (Å²) >= 11 is 1.64. The fraction of sp³-hybridized carbons (Fsp3) is 0.167. The number of rotatable bonds is 3. The van der Waals surface area contributed by atoms with Crippen LogP contribution in [0, 0.1) is 13.8 Å². The van der Waals surface area contributed by atoms with Crippen LogP contribution in [0.1, 0.15) is 17.0 Å². The molecular weight excluding hydrogens is 318 g/mol. The van der Waals surface area contributed by atoms with Crippen LogP contribution in [-0.4, -0.2) is 15.0 Å². The van der Waals surface area contributed by atoms with Gasteiger partial charge in [-0.3, -0.25) is 4.98 Å². The van der Waals surface area contributed by atoms with Crippen LogP contribution in [0.25, 0.3) is 0 Å². The third-order valence-corrected chi connectivity index (χ3v) is 4.81. The molecule has 1 aliphatic rings. The van der Waals surface area contributed by atoms with E-state index in [2.05, 4.69) is 55.9 Å². The van der Waals surface area contributed by atoms with Crippen LogP contribution in [0.15, 0.2) is 52.6 Å². The highest BCUT2D eigenvalue weighted by Crippen LogP contribution is 2.42. The molecule has 3 heterocycles. The molecule has 1 aliphatic heterocycles. The van der Waals surface area contributed by atoms with Crippen molar-refractivity contribution in [2.75, 3.05) is 10.6 Å². The molecule has 1 aromatic carbocycles. The summed E-state index contributed by atoms with van der Waals surface area (Å²) in [4.78, 5) is 14.3. The second-order valence-corrected chi connectivity index (χ2v) is 6.79. The third-order valence-electron chi connectivity index (χ3n) is 3.75. The third kappa shape index (κ3) is 3.05. The van der Waals surface area contributed by atoms with Gasteiger partial charge in [0.05, 0.1) is 5.69 Å². The zero-order valence-electron chi connectivity index (χ0n) is 13.5. The molecule has 3 aromatic rings. The van der Waals surface area contributed by atoms with Gasteiger partial charge < -0.3 is 10.6 Å². The number of nitrogens with zero attached hydrogens (tertiary/aromatic N) is 3. The van der Waals surface area contributed by atoms with E-state index in [1.807, 2.05) is 13.8 Å². The van der Waals surface area contributed by atoms with Crippen molar-refractivity contribution in [3.63, 3.8) is 0 Å². The molecule has 5 nitrogen and oxygen atoms in total. The Morgan fingerprint density at radius 1 is 1.04 bits per heavy atom. The van der Waals surface area contributed by atoms with E-state index in [1.165, 1.54) is 10.5 Å². The van der Waals surface area contributed by atoms with E-state index in [0.717, 1.165) is 40.2 Å². The highest BCUT2D eigenvalue weighted by Gasteiger charge is 2.17. The summed E-state index contributed by atoms with van der Waals surface area (Å²) in [5.41, 5.74) is 5.43. The van der Waals surface area contributed by atoms with E-state index in [9.17, 15) is 0 Å². The fourth-order valence-electron chi connectivity index (χ4n) is 2.73. The first kappa shape index (κ1) is 15.0. The molecule has 0 saturated carbocycles. The number of nitrogens with one attached hydrogen (secondary N) is 2. The van der Waals surface area contributed by atoms with Gasteiger partial charge in [0.25, 0.3) is 0 Å². The van der Waals surface area contributed by atoms with Crippen molar-refractivity contribution in [1.29, 1.82) is 0 Å². The molecule has 0 spiro atoms. The van der Waals surface area contributed by atoms with Crippen molar-refractivity contribution >= 4 is 29.0 Å². The second-order valence-electron chi connectivity index (χ2n) is 5.76. The molecule has 0 saturated heterocycles. The molecule has 0 radical (unpaired) electrons. The Hall–Kier alpha value is -2.60. The minimum absolute atomic E-state index is 0.760. The van der Waals surface area contributed by atoms with Crippen LogP contribution >= 0.6 is 11.8 Å². The topological polar surface area (TPSA) is 62.7 Å². The van der Waals surface area contributed by atoms with Crippen LogP contribution in [0.3, 0.4) is 0 Å².